The fourth-order valence-electron chi connectivity index (χ4n) is 2.34. The van der Waals surface area contributed by atoms with Crippen LogP contribution >= 0.6 is 18.9 Å². The van der Waals surface area contributed by atoms with Gasteiger partial charge in [0.2, 0.25) is 0 Å². The van der Waals surface area contributed by atoms with Gasteiger partial charge in [0.1, 0.15) is 12.3 Å². The first-order chi connectivity index (χ1) is 10.6. The van der Waals surface area contributed by atoms with E-state index in [1.807, 2.05) is 17.5 Å². The van der Waals surface area contributed by atoms with Gasteiger partial charge in [0, 0.05) is 4.88 Å². The largest absolute Gasteiger partial charge is 0.466 e. The summed E-state index contributed by atoms with van der Waals surface area (Å²) in [7, 11) is -3.93. The Labute approximate surface area is 133 Å². The van der Waals surface area contributed by atoms with Crippen molar-refractivity contribution in [2.24, 2.45) is 0 Å². The monoisotopic (exact) mass is 338 g/mol. The highest BCUT2D eigenvalue weighted by molar-refractivity contribution is 7.55. The third-order valence-electron chi connectivity index (χ3n) is 3.19. The zero-order chi connectivity index (χ0) is 16.2. The molecule has 2 heterocycles. The molecule has 1 aliphatic rings. The molecule has 0 saturated carbocycles. The van der Waals surface area contributed by atoms with E-state index in [-0.39, 0.29) is 18.8 Å². The van der Waals surface area contributed by atoms with E-state index >= 15 is 0 Å². The summed E-state index contributed by atoms with van der Waals surface area (Å²) in [6.07, 6.45) is 1.18. The molecule has 116 valence electrons. The second-order valence-electron chi connectivity index (χ2n) is 4.39. The average molecular weight is 338 g/mol. The van der Waals surface area contributed by atoms with Gasteiger partial charge in [-0.05, 0) is 25.3 Å². The Balaban J connectivity index is 2.60. The Morgan fingerprint density at radius 3 is 2.55 bits per heavy atom. The Hall–Kier alpha value is -1.63. The van der Waals surface area contributed by atoms with Gasteiger partial charge in [-0.2, -0.15) is 10.5 Å². The molecule has 1 aliphatic heterocycles. The highest BCUT2D eigenvalue weighted by Crippen LogP contribution is 2.68. The summed E-state index contributed by atoms with van der Waals surface area (Å²) in [5.41, 5.74) is 0.226. The van der Waals surface area contributed by atoms with Gasteiger partial charge < -0.3 is 13.8 Å². The molecule has 0 spiro atoms. The molecular formula is C14H15N2O4PS. The van der Waals surface area contributed by atoms with E-state index in [0.717, 1.165) is 0 Å². The number of nitriles is 2. The molecule has 0 bridgehead atoms. The number of rotatable bonds is 6. The molecule has 2 unspecified atom stereocenters. The smallest absolute Gasteiger partial charge is 0.389 e. The van der Waals surface area contributed by atoms with Crippen molar-refractivity contribution in [2.45, 2.75) is 25.1 Å². The van der Waals surface area contributed by atoms with Crippen LogP contribution in [0.5, 0.6) is 0 Å². The molecule has 2 rings (SSSR count). The summed E-state index contributed by atoms with van der Waals surface area (Å²) in [5, 5.41) is 19.0. The van der Waals surface area contributed by atoms with Gasteiger partial charge in [0.05, 0.1) is 30.8 Å². The summed E-state index contributed by atoms with van der Waals surface area (Å²) < 4.78 is 29.3. The van der Waals surface area contributed by atoms with Crippen molar-refractivity contribution in [1.82, 2.24) is 0 Å². The van der Waals surface area contributed by atoms with Crippen LogP contribution in [0.2, 0.25) is 0 Å². The van der Waals surface area contributed by atoms with Gasteiger partial charge in [-0.15, -0.1) is 11.3 Å². The number of nitrogens with zero attached hydrogens (tertiary/aromatic N) is 2. The number of ether oxygens (including phenoxy) is 1. The molecule has 1 aromatic heterocycles. The highest BCUT2D eigenvalue weighted by atomic mass is 32.1. The van der Waals surface area contributed by atoms with Crippen LogP contribution in [0.4, 0.5) is 0 Å². The van der Waals surface area contributed by atoms with Crippen LogP contribution in [0, 0.1) is 22.7 Å². The van der Waals surface area contributed by atoms with Crippen molar-refractivity contribution < 1.29 is 18.3 Å². The fourth-order valence-corrected chi connectivity index (χ4v) is 5.36. The van der Waals surface area contributed by atoms with Crippen LogP contribution in [-0.4, -0.2) is 18.6 Å². The lowest BCUT2D eigenvalue weighted by Crippen LogP contribution is -2.35. The molecule has 0 fully saturated rings. The maximum Gasteiger partial charge on any atom is 0.389 e. The molecule has 6 nitrogen and oxygen atoms in total. The molecule has 2 atom stereocenters. The number of hydrogen-bond acceptors (Lipinski definition) is 7. The molecule has 0 amide bonds. The van der Waals surface area contributed by atoms with E-state index in [1.165, 1.54) is 17.6 Å². The first-order valence-corrected chi connectivity index (χ1v) is 9.12. The maximum atomic E-state index is 13.2. The number of hydrogen-bond donors (Lipinski definition) is 0. The van der Waals surface area contributed by atoms with Crippen molar-refractivity contribution in [2.75, 3.05) is 13.2 Å². The third kappa shape index (κ3) is 2.47. The normalized spacial score (nSPS) is 24.2. The van der Waals surface area contributed by atoms with Crippen molar-refractivity contribution >= 4 is 18.9 Å². The van der Waals surface area contributed by atoms with Crippen LogP contribution in [0.25, 0.3) is 0 Å². The molecule has 0 saturated heterocycles. The summed E-state index contributed by atoms with van der Waals surface area (Å²) in [5.74, 6) is -0.800. The van der Waals surface area contributed by atoms with E-state index < -0.39 is 18.9 Å². The molecule has 0 aromatic carbocycles. The highest BCUT2D eigenvalue weighted by Gasteiger charge is 2.64. The second kappa shape index (κ2) is 6.64. The van der Waals surface area contributed by atoms with Gasteiger partial charge in [-0.25, -0.2) is 0 Å². The average Bonchev–Trinajstić information content (AvgIpc) is 3.14. The van der Waals surface area contributed by atoms with E-state index in [2.05, 4.69) is 0 Å². The van der Waals surface area contributed by atoms with Crippen molar-refractivity contribution in [3.05, 3.63) is 34.2 Å². The Bertz CT molecular complexity index is 679. The Kier molecular flexibility index (Phi) is 5.05. The lowest BCUT2D eigenvalue weighted by molar-refractivity contribution is 0.0988. The fraction of sp³-hybridized carbons (Fsp3) is 0.429. The predicted molar refractivity (Wildman–Crippen MR) is 81.0 cm³/mol. The lowest BCUT2D eigenvalue weighted by atomic mass is 9.95. The van der Waals surface area contributed by atoms with Crippen molar-refractivity contribution in [3.8, 4) is 12.1 Å². The lowest BCUT2D eigenvalue weighted by Gasteiger charge is -2.33. The third-order valence-corrected chi connectivity index (χ3v) is 6.60. The van der Waals surface area contributed by atoms with Crippen molar-refractivity contribution in [1.29, 1.82) is 10.5 Å². The minimum Gasteiger partial charge on any atom is -0.466 e. The van der Waals surface area contributed by atoms with E-state index in [1.54, 1.807) is 26.0 Å². The first-order valence-electron chi connectivity index (χ1n) is 6.70. The standard InChI is InChI=1S/C14H15N2O4PS/c1-3-19-21(17,20-4-2)14(10-16)13(11(8-15)9-18-14)12-6-5-7-22-12/h5-7,9,13H,3-4H2,1-2H3. The predicted octanol–water partition coefficient (Wildman–Crippen LogP) is 3.76. The molecular weight excluding hydrogens is 323 g/mol. The van der Waals surface area contributed by atoms with Gasteiger partial charge in [-0.3, -0.25) is 4.57 Å². The zero-order valence-electron chi connectivity index (χ0n) is 12.2. The van der Waals surface area contributed by atoms with Gasteiger partial charge >= 0.3 is 12.9 Å². The molecule has 0 N–H and O–H groups in total. The molecule has 0 aliphatic carbocycles. The summed E-state index contributed by atoms with van der Waals surface area (Å²) in [4.78, 5) is 0.700. The van der Waals surface area contributed by atoms with Crippen molar-refractivity contribution in [3.63, 3.8) is 0 Å². The van der Waals surface area contributed by atoms with Crippen LogP contribution in [0.1, 0.15) is 24.6 Å². The van der Waals surface area contributed by atoms with E-state index in [0.29, 0.717) is 4.88 Å². The second-order valence-corrected chi connectivity index (χ2v) is 7.55. The van der Waals surface area contributed by atoms with Crippen LogP contribution < -0.4 is 0 Å². The van der Waals surface area contributed by atoms with Crippen LogP contribution in [0.15, 0.2) is 29.3 Å². The summed E-state index contributed by atoms with van der Waals surface area (Å²) in [6.45, 7) is 3.52. The quantitative estimate of drug-likeness (QED) is 0.733. The van der Waals surface area contributed by atoms with Crippen LogP contribution in [0.3, 0.4) is 0 Å². The zero-order valence-corrected chi connectivity index (χ0v) is 13.9. The topological polar surface area (TPSA) is 92.3 Å². The minimum absolute atomic E-state index is 0.100. The maximum absolute atomic E-state index is 13.2. The number of thiophene rings is 1. The Morgan fingerprint density at radius 1 is 1.41 bits per heavy atom. The van der Waals surface area contributed by atoms with Gasteiger partial charge in [0.15, 0.2) is 0 Å². The van der Waals surface area contributed by atoms with Crippen LogP contribution in [-0.2, 0) is 18.3 Å². The van der Waals surface area contributed by atoms with Gasteiger partial charge in [0.25, 0.3) is 0 Å². The SMILES string of the molecule is CCOP(=O)(OCC)C1(C#N)OC=C(C#N)C1c1cccs1. The van der Waals surface area contributed by atoms with E-state index in [4.69, 9.17) is 13.8 Å². The van der Waals surface area contributed by atoms with E-state index in [9.17, 15) is 15.1 Å². The first kappa shape index (κ1) is 16.7. The Morgan fingerprint density at radius 2 is 2.09 bits per heavy atom. The molecule has 22 heavy (non-hydrogen) atoms. The molecule has 1 aromatic rings. The molecule has 8 heteroatoms. The summed E-state index contributed by atoms with van der Waals surface area (Å²) >= 11 is 1.35. The van der Waals surface area contributed by atoms with Gasteiger partial charge in [-0.1, -0.05) is 6.07 Å². The molecule has 0 radical (unpaired) electrons. The minimum atomic E-state index is -3.93. The summed E-state index contributed by atoms with van der Waals surface area (Å²) in [6, 6.07) is 7.53.